The number of halogens is 2. The molecule has 25 heavy (non-hydrogen) atoms. The highest BCUT2D eigenvalue weighted by atomic mass is 19.1. The lowest BCUT2D eigenvalue weighted by Gasteiger charge is -2.07. The van der Waals surface area contributed by atoms with Crippen molar-refractivity contribution < 1.29 is 18.7 Å². The molecule has 0 aliphatic heterocycles. The second kappa shape index (κ2) is 6.91. The van der Waals surface area contributed by atoms with Crippen LogP contribution in [0.15, 0.2) is 53.8 Å². The van der Waals surface area contributed by atoms with E-state index in [-0.39, 0.29) is 22.7 Å². The van der Waals surface area contributed by atoms with E-state index < -0.39 is 23.1 Å². The molecule has 0 spiro atoms. The van der Waals surface area contributed by atoms with Crippen molar-refractivity contribution in [2.24, 2.45) is 4.99 Å². The van der Waals surface area contributed by atoms with Gasteiger partial charge in [0.15, 0.2) is 5.69 Å². The van der Waals surface area contributed by atoms with Gasteiger partial charge in [0.1, 0.15) is 23.1 Å². The minimum absolute atomic E-state index is 0.0679. The van der Waals surface area contributed by atoms with Crippen LogP contribution in [0, 0.1) is 11.6 Å². The lowest BCUT2D eigenvalue weighted by molar-refractivity contribution is 0.0998. The van der Waals surface area contributed by atoms with Gasteiger partial charge < -0.3 is 5.11 Å². The van der Waals surface area contributed by atoms with Crippen molar-refractivity contribution >= 4 is 12.1 Å². The third-order valence-corrected chi connectivity index (χ3v) is 3.28. The summed E-state index contributed by atoms with van der Waals surface area (Å²) < 4.78 is 28.0. The van der Waals surface area contributed by atoms with E-state index in [1.165, 1.54) is 36.7 Å². The zero-order chi connectivity index (χ0) is 17.8. The van der Waals surface area contributed by atoms with Gasteiger partial charge in [-0.1, -0.05) is 6.07 Å². The highest BCUT2D eigenvalue weighted by molar-refractivity contribution is 6.04. The summed E-state index contributed by atoms with van der Waals surface area (Å²) in [7, 11) is 0. The van der Waals surface area contributed by atoms with E-state index >= 15 is 0 Å². The Hall–Kier alpha value is -3.55. The van der Waals surface area contributed by atoms with Crippen LogP contribution in [0.4, 0.5) is 8.78 Å². The van der Waals surface area contributed by atoms with Crippen molar-refractivity contribution in [2.45, 2.75) is 0 Å². The number of pyridine rings is 1. The normalized spacial score (nSPS) is 11.0. The average Bonchev–Trinajstić information content (AvgIpc) is 2.61. The number of carbonyl (C=O) groups excluding carboxylic acids is 1. The van der Waals surface area contributed by atoms with Gasteiger partial charge in [0, 0.05) is 11.8 Å². The molecule has 0 aliphatic rings. The van der Waals surface area contributed by atoms with Crippen molar-refractivity contribution in [3.8, 4) is 16.9 Å². The molecule has 0 atom stereocenters. The SMILES string of the molecule is O=C(/N=C\c1ncccc1O)c1nnccc1-c1c(F)cccc1F. The van der Waals surface area contributed by atoms with Gasteiger partial charge in [-0.25, -0.2) is 13.8 Å². The molecule has 1 N–H and O–H groups in total. The zero-order valence-electron chi connectivity index (χ0n) is 12.6. The molecule has 0 fully saturated rings. The van der Waals surface area contributed by atoms with E-state index in [1.807, 2.05) is 0 Å². The monoisotopic (exact) mass is 340 g/mol. The largest absolute Gasteiger partial charge is 0.506 e. The van der Waals surface area contributed by atoms with Crippen LogP contribution >= 0.6 is 0 Å². The molecule has 2 aromatic heterocycles. The third-order valence-electron chi connectivity index (χ3n) is 3.28. The summed E-state index contributed by atoms with van der Waals surface area (Å²) in [6.07, 6.45) is 3.66. The smallest absolute Gasteiger partial charge is 0.298 e. The van der Waals surface area contributed by atoms with Crippen molar-refractivity contribution in [1.29, 1.82) is 0 Å². The number of hydrogen-bond donors (Lipinski definition) is 1. The molecule has 0 unspecified atom stereocenters. The Kier molecular flexibility index (Phi) is 4.51. The van der Waals surface area contributed by atoms with Gasteiger partial charge in [0.05, 0.1) is 18.0 Å². The van der Waals surface area contributed by atoms with E-state index in [1.54, 1.807) is 0 Å². The van der Waals surface area contributed by atoms with Crippen molar-refractivity contribution in [1.82, 2.24) is 15.2 Å². The van der Waals surface area contributed by atoms with Crippen molar-refractivity contribution in [3.05, 3.63) is 71.8 Å². The summed E-state index contributed by atoms with van der Waals surface area (Å²) in [4.78, 5) is 19.8. The van der Waals surface area contributed by atoms with Gasteiger partial charge in [-0.05, 0) is 30.3 Å². The molecule has 0 saturated heterocycles. The maximum absolute atomic E-state index is 14.0. The minimum atomic E-state index is -0.879. The van der Waals surface area contributed by atoms with E-state index in [0.717, 1.165) is 18.3 Å². The predicted molar refractivity (Wildman–Crippen MR) is 85.2 cm³/mol. The molecule has 3 aromatic rings. The summed E-state index contributed by atoms with van der Waals surface area (Å²) >= 11 is 0. The molecule has 2 heterocycles. The second-order valence-corrected chi connectivity index (χ2v) is 4.86. The van der Waals surface area contributed by atoms with E-state index in [9.17, 15) is 18.7 Å². The highest BCUT2D eigenvalue weighted by Crippen LogP contribution is 2.28. The maximum atomic E-state index is 14.0. The molecule has 0 saturated carbocycles. The van der Waals surface area contributed by atoms with Crippen LogP contribution < -0.4 is 0 Å². The van der Waals surface area contributed by atoms with E-state index in [4.69, 9.17) is 0 Å². The Labute approximate surface area is 140 Å². The first-order chi connectivity index (χ1) is 12.1. The standard InChI is InChI=1S/C17H10F2N4O2/c18-11-3-1-4-12(19)15(11)10-6-8-22-23-16(10)17(25)21-9-13-14(24)5-2-7-20-13/h1-9,24H/b21-9-. The number of aromatic nitrogens is 3. The van der Waals surface area contributed by atoms with Crippen LogP contribution in [0.5, 0.6) is 5.75 Å². The molecule has 0 bridgehead atoms. The van der Waals surface area contributed by atoms with Gasteiger partial charge in [-0.3, -0.25) is 9.78 Å². The second-order valence-electron chi connectivity index (χ2n) is 4.86. The lowest BCUT2D eigenvalue weighted by Crippen LogP contribution is -2.06. The average molecular weight is 340 g/mol. The Morgan fingerprint density at radius 2 is 1.84 bits per heavy atom. The number of benzene rings is 1. The number of nitrogens with zero attached hydrogens (tertiary/aromatic N) is 4. The summed E-state index contributed by atoms with van der Waals surface area (Å²) in [5.41, 5.74) is -0.717. The molecule has 1 aromatic carbocycles. The van der Waals surface area contributed by atoms with Crippen molar-refractivity contribution in [3.63, 3.8) is 0 Å². The van der Waals surface area contributed by atoms with E-state index in [0.29, 0.717) is 0 Å². The Balaban J connectivity index is 2.02. The molecule has 124 valence electrons. The zero-order valence-corrected chi connectivity index (χ0v) is 12.6. The molecule has 3 rings (SSSR count). The Bertz CT molecular complexity index is 956. The van der Waals surface area contributed by atoms with Crippen LogP contribution in [-0.2, 0) is 0 Å². The van der Waals surface area contributed by atoms with Gasteiger partial charge in [-0.15, -0.1) is 5.10 Å². The summed E-state index contributed by atoms with van der Waals surface area (Å²) in [6, 6.07) is 7.52. The van der Waals surface area contributed by atoms with Crippen LogP contribution in [0.2, 0.25) is 0 Å². The number of aliphatic imine (C=N–C) groups is 1. The fourth-order valence-corrected chi connectivity index (χ4v) is 2.14. The number of hydrogen-bond acceptors (Lipinski definition) is 5. The fourth-order valence-electron chi connectivity index (χ4n) is 2.14. The number of rotatable bonds is 3. The molecule has 8 heteroatoms. The molecular weight excluding hydrogens is 330 g/mol. The Morgan fingerprint density at radius 3 is 2.56 bits per heavy atom. The summed E-state index contributed by atoms with van der Waals surface area (Å²) in [5, 5.41) is 16.8. The molecule has 0 aliphatic carbocycles. The first-order valence-corrected chi connectivity index (χ1v) is 7.06. The van der Waals surface area contributed by atoms with Crippen LogP contribution in [0.3, 0.4) is 0 Å². The van der Waals surface area contributed by atoms with E-state index in [2.05, 4.69) is 20.2 Å². The van der Waals surface area contributed by atoms with Crippen LogP contribution in [0.1, 0.15) is 16.2 Å². The molecular formula is C17H10F2N4O2. The summed E-state index contributed by atoms with van der Waals surface area (Å²) in [6.45, 7) is 0. The number of amides is 1. The van der Waals surface area contributed by atoms with Crippen LogP contribution in [0.25, 0.3) is 11.1 Å². The molecule has 1 amide bonds. The first kappa shape index (κ1) is 16.3. The van der Waals surface area contributed by atoms with Gasteiger partial charge in [-0.2, -0.15) is 5.10 Å². The number of aromatic hydroxyl groups is 1. The van der Waals surface area contributed by atoms with Gasteiger partial charge in [0.2, 0.25) is 0 Å². The fraction of sp³-hybridized carbons (Fsp3) is 0. The Morgan fingerprint density at radius 1 is 1.08 bits per heavy atom. The minimum Gasteiger partial charge on any atom is -0.506 e. The number of carbonyl (C=O) groups is 1. The lowest BCUT2D eigenvalue weighted by atomic mass is 10.0. The highest BCUT2D eigenvalue weighted by Gasteiger charge is 2.20. The summed E-state index contributed by atoms with van der Waals surface area (Å²) in [5.74, 6) is -2.73. The topological polar surface area (TPSA) is 88.3 Å². The molecule has 0 radical (unpaired) electrons. The first-order valence-electron chi connectivity index (χ1n) is 7.06. The van der Waals surface area contributed by atoms with Crippen LogP contribution in [-0.4, -0.2) is 32.4 Å². The molecule has 6 nitrogen and oxygen atoms in total. The quantitative estimate of drug-likeness (QED) is 0.741. The maximum Gasteiger partial charge on any atom is 0.298 e. The predicted octanol–water partition coefficient (Wildman–Crippen LogP) is 2.78. The third kappa shape index (κ3) is 3.37. The van der Waals surface area contributed by atoms with Gasteiger partial charge >= 0.3 is 0 Å². The van der Waals surface area contributed by atoms with Gasteiger partial charge in [0.25, 0.3) is 5.91 Å². The van der Waals surface area contributed by atoms with Crippen molar-refractivity contribution in [2.75, 3.05) is 0 Å².